The Balaban J connectivity index is 2.33. The van der Waals surface area contributed by atoms with E-state index in [1.165, 1.54) is 12.1 Å². The van der Waals surface area contributed by atoms with E-state index in [1.54, 1.807) is 22.7 Å². The summed E-state index contributed by atoms with van der Waals surface area (Å²) in [6.45, 7) is 1.94. The highest BCUT2D eigenvalue weighted by Crippen LogP contribution is 2.25. The van der Waals surface area contributed by atoms with E-state index in [0.29, 0.717) is 11.4 Å². The molecule has 4 heteroatoms. The van der Waals surface area contributed by atoms with Gasteiger partial charge in [-0.3, -0.25) is 4.40 Å². The van der Waals surface area contributed by atoms with Crippen molar-refractivity contribution in [3.05, 3.63) is 59.7 Å². The van der Waals surface area contributed by atoms with Gasteiger partial charge in [-0.05, 0) is 42.8 Å². The largest absolute Gasteiger partial charge is 0.291 e. The number of pyridine rings is 1. The average molecular weight is 251 g/mol. The summed E-state index contributed by atoms with van der Waals surface area (Å²) in [5.74, 6) is -0.304. The summed E-state index contributed by atoms with van der Waals surface area (Å²) in [6, 6.07) is 12.0. The summed E-state index contributed by atoms with van der Waals surface area (Å²) in [5.41, 5.74) is 3.52. The van der Waals surface area contributed by atoms with Gasteiger partial charge < -0.3 is 0 Å². The number of nitrogens with zero attached hydrogens (tertiary/aromatic N) is 3. The summed E-state index contributed by atoms with van der Waals surface area (Å²) in [5, 5.41) is 9.33. The Hall–Kier alpha value is -2.67. The second-order valence-corrected chi connectivity index (χ2v) is 4.31. The van der Waals surface area contributed by atoms with Gasteiger partial charge in [0.1, 0.15) is 23.2 Å². The highest BCUT2D eigenvalue weighted by atomic mass is 19.1. The number of fused-ring (bicyclic) bond motifs is 1. The van der Waals surface area contributed by atoms with Gasteiger partial charge in [0.15, 0.2) is 5.69 Å². The average Bonchev–Trinajstić information content (AvgIpc) is 2.79. The fourth-order valence-corrected chi connectivity index (χ4v) is 2.12. The van der Waals surface area contributed by atoms with Crippen molar-refractivity contribution in [2.45, 2.75) is 6.92 Å². The van der Waals surface area contributed by atoms with Crippen LogP contribution in [0.1, 0.15) is 11.3 Å². The quantitative estimate of drug-likeness (QED) is 0.665. The normalized spacial score (nSPS) is 10.6. The Bertz CT molecular complexity index is 795. The second-order valence-electron chi connectivity index (χ2n) is 4.31. The van der Waals surface area contributed by atoms with Gasteiger partial charge in [-0.2, -0.15) is 5.26 Å². The van der Waals surface area contributed by atoms with Crippen molar-refractivity contribution < 1.29 is 4.39 Å². The van der Waals surface area contributed by atoms with Crippen LogP contribution in [0.25, 0.3) is 16.9 Å². The molecule has 19 heavy (non-hydrogen) atoms. The lowest BCUT2D eigenvalue weighted by atomic mass is 10.1. The van der Waals surface area contributed by atoms with E-state index in [2.05, 4.69) is 11.1 Å². The van der Waals surface area contributed by atoms with Crippen LogP contribution in [0.4, 0.5) is 4.39 Å². The first-order valence-corrected chi connectivity index (χ1v) is 5.84. The fourth-order valence-electron chi connectivity index (χ4n) is 2.12. The molecular weight excluding hydrogens is 241 g/mol. The highest BCUT2D eigenvalue weighted by Gasteiger charge is 2.14. The standard InChI is InChI=1S/C15H10FN3/c1-10-3-2-8-19-13(9-17)14(18-15(10)19)11-4-6-12(16)7-5-11/h2-8H,1H3. The van der Waals surface area contributed by atoms with Crippen LogP contribution in [0.15, 0.2) is 42.6 Å². The molecule has 92 valence electrons. The minimum Gasteiger partial charge on any atom is -0.291 e. The maximum Gasteiger partial charge on any atom is 0.152 e. The van der Waals surface area contributed by atoms with Gasteiger partial charge in [0.05, 0.1) is 0 Å². The summed E-state index contributed by atoms with van der Waals surface area (Å²) in [4.78, 5) is 4.50. The summed E-state index contributed by atoms with van der Waals surface area (Å²) in [6.07, 6.45) is 1.81. The number of benzene rings is 1. The van der Waals surface area contributed by atoms with E-state index in [9.17, 15) is 9.65 Å². The molecule has 0 aliphatic heterocycles. The number of aryl methyl sites for hydroxylation is 1. The molecular formula is C15H10FN3. The summed E-state index contributed by atoms with van der Waals surface area (Å²) < 4.78 is 14.7. The molecule has 2 heterocycles. The van der Waals surface area contributed by atoms with Crippen molar-refractivity contribution in [3.63, 3.8) is 0 Å². The lowest BCUT2D eigenvalue weighted by Crippen LogP contribution is -1.89. The lowest BCUT2D eigenvalue weighted by Gasteiger charge is -1.97. The fraction of sp³-hybridized carbons (Fsp3) is 0.0667. The number of rotatable bonds is 1. The smallest absolute Gasteiger partial charge is 0.152 e. The number of halogens is 1. The lowest BCUT2D eigenvalue weighted by molar-refractivity contribution is 0.628. The Morgan fingerprint density at radius 3 is 2.63 bits per heavy atom. The molecule has 0 bridgehead atoms. The number of aromatic nitrogens is 2. The summed E-state index contributed by atoms with van der Waals surface area (Å²) >= 11 is 0. The van der Waals surface area contributed by atoms with Gasteiger partial charge in [0.25, 0.3) is 0 Å². The van der Waals surface area contributed by atoms with Crippen LogP contribution >= 0.6 is 0 Å². The molecule has 2 aromatic heterocycles. The van der Waals surface area contributed by atoms with Crippen molar-refractivity contribution in [2.24, 2.45) is 0 Å². The van der Waals surface area contributed by atoms with Crippen molar-refractivity contribution in [3.8, 4) is 17.3 Å². The number of hydrogen-bond donors (Lipinski definition) is 0. The molecule has 0 aliphatic rings. The van der Waals surface area contributed by atoms with E-state index in [-0.39, 0.29) is 5.82 Å². The molecule has 0 amide bonds. The van der Waals surface area contributed by atoms with Crippen molar-refractivity contribution in [1.29, 1.82) is 5.26 Å². The molecule has 1 aromatic carbocycles. The zero-order chi connectivity index (χ0) is 13.4. The van der Waals surface area contributed by atoms with Crippen molar-refractivity contribution in [1.82, 2.24) is 9.38 Å². The Kier molecular flexibility index (Phi) is 2.53. The first kappa shape index (κ1) is 11.4. The Labute approximate surface area is 109 Å². The number of imidazole rings is 1. The van der Waals surface area contributed by atoms with Crippen LogP contribution in [0.3, 0.4) is 0 Å². The molecule has 3 rings (SSSR count). The molecule has 0 N–H and O–H groups in total. The second kappa shape index (κ2) is 4.21. The SMILES string of the molecule is Cc1cccn2c(C#N)c(-c3ccc(F)cc3)nc12. The number of hydrogen-bond acceptors (Lipinski definition) is 2. The topological polar surface area (TPSA) is 41.1 Å². The summed E-state index contributed by atoms with van der Waals surface area (Å²) in [7, 11) is 0. The minimum absolute atomic E-state index is 0.304. The van der Waals surface area contributed by atoms with Gasteiger partial charge in [0, 0.05) is 11.8 Å². The van der Waals surface area contributed by atoms with E-state index < -0.39 is 0 Å². The van der Waals surface area contributed by atoms with Gasteiger partial charge in [-0.25, -0.2) is 9.37 Å². The molecule has 0 unspecified atom stereocenters. The molecule has 0 aliphatic carbocycles. The number of nitriles is 1. The van der Waals surface area contributed by atoms with E-state index in [0.717, 1.165) is 16.8 Å². The third-order valence-electron chi connectivity index (χ3n) is 3.07. The van der Waals surface area contributed by atoms with Gasteiger partial charge >= 0.3 is 0 Å². The van der Waals surface area contributed by atoms with Crippen molar-refractivity contribution >= 4 is 5.65 Å². The minimum atomic E-state index is -0.304. The van der Waals surface area contributed by atoms with E-state index >= 15 is 0 Å². The molecule has 0 saturated heterocycles. The monoisotopic (exact) mass is 251 g/mol. The molecule has 3 aromatic rings. The van der Waals surface area contributed by atoms with Crippen LogP contribution in [0, 0.1) is 24.1 Å². The predicted octanol–water partition coefficient (Wildman–Crippen LogP) is 3.32. The molecule has 0 radical (unpaired) electrons. The molecule has 0 spiro atoms. The van der Waals surface area contributed by atoms with Gasteiger partial charge in [0.2, 0.25) is 0 Å². The maximum absolute atomic E-state index is 13.0. The maximum atomic E-state index is 13.0. The Morgan fingerprint density at radius 2 is 1.95 bits per heavy atom. The molecule has 0 atom stereocenters. The first-order chi connectivity index (χ1) is 9.20. The third kappa shape index (κ3) is 1.76. The molecule has 0 fully saturated rings. The molecule has 0 saturated carbocycles. The van der Waals surface area contributed by atoms with Crippen molar-refractivity contribution in [2.75, 3.05) is 0 Å². The zero-order valence-corrected chi connectivity index (χ0v) is 10.3. The highest BCUT2D eigenvalue weighted by molar-refractivity contribution is 5.70. The van der Waals surface area contributed by atoms with E-state index in [1.807, 2.05) is 19.1 Å². The van der Waals surface area contributed by atoms with Crippen LogP contribution in [0.5, 0.6) is 0 Å². The van der Waals surface area contributed by atoms with Crippen LogP contribution in [0.2, 0.25) is 0 Å². The van der Waals surface area contributed by atoms with E-state index in [4.69, 9.17) is 0 Å². The van der Waals surface area contributed by atoms with Crippen LogP contribution in [-0.4, -0.2) is 9.38 Å². The van der Waals surface area contributed by atoms with Gasteiger partial charge in [-0.15, -0.1) is 0 Å². The Morgan fingerprint density at radius 1 is 1.21 bits per heavy atom. The molecule has 3 nitrogen and oxygen atoms in total. The van der Waals surface area contributed by atoms with Crippen LogP contribution < -0.4 is 0 Å². The first-order valence-electron chi connectivity index (χ1n) is 5.84. The van der Waals surface area contributed by atoms with Crippen LogP contribution in [-0.2, 0) is 0 Å². The zero-order valence-electron chi connectivity index (χ0n) is 10.3. The predicted molar refractivity (Wildman–Crippen MR) is 70.0 cm³/mol. The third-order valence-corrected chi connectivity index (χ3v) is 3.07. The van der Waals surface area contributed by atoms with Gasteiger partial charge in [-0.1, -0.05) is 6.07 Å².